The predicted octanol–water partition coefficient (Wildman–Crippen LogP) is 3.07. The Bertz CT molecular complexity index is 674. The second-order valence-electron chi connectivity index (χ2n) is 6.73. The molecule has 1 saturated heterocycles. The van der Waals surface area contributed by atoms with Gasteiger partial charge in [-0.3, -0.25) is 4.79 Å². The zero-order valence-corrected chi connectivity index (χ0v) is 14.2. The fourth-order valence-electron chi connectivity index (χ4n) is 3.46. The van der Waals surface area contributed by atoms with Gasteiger partial charge in [0.25, 0.3) is 0 Å². The highest BCUT2D eigenvalue weighted by Gasteiger charge is 2.32. The van der Waals surface area contributed by atoms with Crippen LogP contribution in [0.1, 0.15) is 42.5 Å². The third kappa shape index (κ3) is 3.46. The lowest BCUT2D eigenvalue weighted by Crippen LogP contribution is -2.34. The van der Waals surface area contributed by atoms with Crippen molar-refractivity contribution in [2.75, 3.05) is 6.54 Å². The summed E-state index contributed by atoms with van der Waals surface area (Å²) in [6.07, 6.45) is 6.00. The van der Waals surface area contributed by atoms with Gasteiger partial charge in [-0.15, -0.1) is 0 Å². The lowest BCUT2D eigenvalue weighted by molar-refractivity contribution is -0.131. The van der Waals surface area contributed by atoms with E-state index in [1.165, 1.54) is 11.1 Å². The average Bonchev–Trinajstić information content (AvgIpc) is 3.11. The summed E-state index contributed by atoms with van der Waals surface area (Å²) in [4.78, 5) is 18.8. The summed E-state index contributed by atoms with van der Waals surface area (Å²) in [6.45, 7) is 5.11. The van der Waals surface area contributed by atoms with Crippen LogP contribution < -0.4 is 0 Å². The lowest BCUT2D eigenvalue weighted by Gasteiger charge is -2.21. The maximum atomic E-state index is 12.6. The van der Waals surface area contributed by atoms with E-state index >= 15 is 0 Å². The van der Waals surface area contributed by atoms with Crippen LogP contribution in [0.25, 0.3) is 0 Å². The van der Waals surface area contributed by atoms with Gasteiger partial charge in [-0.1, -0.05) is 29.8 Å². The minimum Gasteiger partial charge on any atom is -0.339 e. The van der Waals surface area contributed by atoms with Crippen molar-refractivity contribution < 1.29 is 4.79 Å². The first kappa shape index (κ1) is 15.8. The molecular formula is C19H25N3O. The molecule has 0 spiro atoms. The zero-order valence-electron chi connectivity index (χ0n) is 14.2. The average molecular weight is 311 g/mol. The molecule has 2 atom stereocenters. The van der Waals surface area contributed by atoms with Crippen molar-refractivity contribution in [1.82, 2.24) is 14.5 Å². The molecule has 122 valence electrons. The number of amides is 1. The summed E-state index contributed by atoms with van der Waals surface area (Å²) >= 11 is 0. The third-order valence-electron chi connectivity index (χ3n) is 4.96. The van der Waals surface area contributed by atoms with E-state index < -0.39 is 0 Å². The molecule has 4 nitrogen and oxygen atoms in total. The quantitative estimate of drug-likeness (QED) is 0.870. The van der Waals surface area contributed by atoms with E-state index in [1.54, 1.807) is 6.33 Å². The largest absolute Gasteiger partial charge is 0.339 e. The first-order chi connectivity index (χ1) is 11.0. The van der Waals surface area contributed by atoms with Crippen LogP contribution >= 0.6 is 0 Å². The van der Waals surface area contributed by atoms with Gasteiger partial charge in [0.15, 0.2) is 0 Å². The molecule has 1 fully saturated rings. The Labute approximate surface area is 138 Å². The third-order valence-corrected chi connectivity index (χ3v) is 4.96. The van der Waals surface area contributed by atoms with Crippen molar-refractivity contribution in [3.05, 3.63) is 53.6 Å². The van der Waals surface area contributed by atoms with Crippen LogP contribution in [0.5, 0.6) is 0 Å². The monoisotopic (exact) mass is 311 g/mol. The van der Waals surface area contributed by atoms with E-state index in [-0.39, 0.29) is 5.91 Å². The Hall–Kier alpha value is -2.10. The molecule has 23 heavy (non-hydrogen) atoms. The van der Waals surface area contributed by atoms with Crippen molar-refractivity contribution >= 4 is 5.91 Å². The van der Waals surface area contributed by atoms with E-state index in [1.807, 2.05) is 17.8 Å². The van der Waals surface area contributed by atoms with Crippen LogP contribution in [-0.4, -0.2) is 32.9 Å². The zero-order chi connectivity index (χ0) is 16.4. The van der Waals surface area contributed by atoms with E-state index in [0.717, 1.165) is 25.1 Å². The minimum atomic E-state index is 0.258. The van der Waals surface area contributed by atoms with Gasteiger partial charge in [-0.05, 0) is 32.3 Å². The van der Waals surface area contributed by atoms with Gasteiger partial charge in [0.05, 0.1) is 6.33 Å². The molecule has 2 heterocycles. The number of benzene rings is 1. The predicted molar refractivity (Wildman–Crippen MR) is 91.2 cm³/mol. The first-order valence-corrected chi connectivity index (χ1v) is 8.36. The summed E-state index contributed by atoms with van der Waals surface area (Å²) in [5.74, 6) is 0.722. The van der Waals surface area contributed by atoms with Gasteiger partial charge in [0.2, 0.25) is 5.91 Å². The summed E-state index contributed by atoms with van der Waals surface area (Å²) in [7, 11) is 1.97. The normalized spacial score (nSPS) is 20.9. The van der Waals surface area contributed by atoms with E-state index in [9.17, 15) is 4.79 Å². The fraction of sp³-hybridized carbons (Fsp3) is 0.474. The highest BCUT2D eigenvalue weighted by atomic mass is 16.2. The highest BCUT2D eigenvalue weighted by Crippen LogP contribution is 2.32. The van der Waals surface area contributed by atoms with E-state index in [0.29, 0.717) is 18.4 Å². The van der Waals surface area contributed by atoms with Crippen LogP contribution in [0.15, 0.2) is 36.8 Å². The second-order valence-corrected chi connectivity index (χ2v) is 6.73. The number of rotatable bonds is 4. The van der Waals surface area contributed by atoms with Crippen molar-refractivity contribution in [2.45, 2.75) is 45.1 Å². The minimum absolute atomic E-state index is 0.258. The fourth-order valence-corrected chi connectivity index (χ4v) is 3.46. The van der Waals surface area contributed by atoms with Crippen molar-refractivity contribution in [2.24, 2.45) is 7.05 Å². The molecule has 1 aromatic carbocycles. The molecular weight excluding hydrogens is 286 g/mol. The number of carbonyl (C=O) groups is 1. The SMILES string of the molecule is Cc1ccc([C@H]2C[C@@H](C)N(C(=O)CCc3cncn3C)C2)cc1. The molecule has 1 aliphatic heterocycles. The number of likely N-dealkylation sites (tertiary alicyclic amines) is 1. The number of aromatic nitrogens is 2. The molecule has 0 N–H and O–H groups in total. The van der Waals surface area contributed by atoms with Crippen molar-refractivity contribution in [1.29, 1.82) is 0 Å². The molecule has 1 aromatic heterocycles. The Morgan fingerprint density at radius 1 is 1.30 bits per heavy atom. The Morgan fingerprint density at radius 2 is 2.04 bits per heavy atom. The Kier molecular flexibility index (Phi) is 4.51. The van der Waals surface area contributed by atoms with Gasteiger partial charge in [-0.25, -0.2) is 4.98 Å². The summed E-state index contributed by atoms with van der Waals surface area (Å²) < 4.78 is 1.98. The molecule has 3 rings (SSSR count). The number of nitrogens with zero attached hydrogens (tertiary/aromatic N) is 3. The van der Waals surface area contributed by atoms with Crippen LogP contribution in [0.3, 0.4) is 0 Å². The van der Waals surface area contributed by atoms with Crippen LogP contribution in [0, 0.1) is 6.92 Å². The van der Waals surface area contributed by atoms with Crippen molar-refractivity contribution in [3.63, 3.8) is 0 Å². The molecule has 1 amide bonds. The van der Waals surface area contributed by atoms with Gasteiger partial charge in [-0.2, -0.15) is 0 Å². The molecule has 0 unspecified atom stereocenters. The summed E-state index contributed by atoms with van der Waals surface area (Å²) in [5.41, 5.74) is 3.74. The number of hydrogen-bond acceptors (Lipinski definition) is 2. The standard InChI is InChI=1S/C19H25N3O/c1-14-4-6-16(7-5-14)17-10-15(2)22(12-17)19(23)9-8-18-11-20-13-21(18)3/h4-7,11,13,15,17H,8-10,12H2,1-3H3/t15-,17+/m1/s1. The number of carbonyl (C=O) groups excluding carboxylic acids is 1. The number of aryl methyl sites for hydroxylation is 3. The second kappa shape index (κ2) is 6.57. The Morgan fingerprint density at radius 3 is 2.70 bits per heavy atom. The molecule has 0 saturated carbocycles. The van der Waals surface area contributed by atoms with Crippen molar-refractivity contribution in [3.8, 4) is 0 Å². The molecule has 0 aliphatic carbocycles. The topological polar surface area (TPSA) is 38.1 Å². The lowest BCUT2D eigenvalue weighted by atomic mass is 9.96. The van der Waals surface area contributed by atoms with Gasteiger partial charge in [0, 0.05) is 43.9 Å². The first-order valence-electron chi connectivity index (χ1n) is 8.36. The molecule has 1 aliphatic rings. The molecule has 4 heteroatoms. The summed E-state index contributed by atoms with van der Waals surface area (Å²) in [5, 5.41) is 0. The Balaban J connectivity index is 1.60. The maximum absolute atomic E-state index is 12.6. The smallest absolute Gasteiger partial charge is 0.223 e. The molecule has 0 bridgehead atoms. The van der Waals surface area contributed by atoms with Crippen LogP contribution in [0.4, 0.5) is 0 Å². The van der Waals surface area contributed by atoms with Crippen LogP contribution in [0.2, 0.25) is 0 Å². The molecule has 2 aromatic rings. The summed E-state index contributed by atoms with van der Waals surface area (Å²) in [6, 6.07) is 9.05. The number of hydrogen-bond donors (Lipinski definition) is 0. The highest BCUT2D eigenvalue weighted by molar-refractivity contribution is 5.77. The van der Waals surface area contributed by atoms with E-state index in [2.05, 4.69) is 48.0 Å². The van der Waals surface area contributed by atoms with Gasteiger partial charge >= 0.3 is 0 Å². The molecule has 0 radical (unpaired) electrons. The van der Waals surface area contributed by atoms with Crippen LogP contribution in [-0.2, 0) is 18.3 Å². The maximum Gasteiger partial charge on any atom is 0.223 e. The van der Waals surface area contributed by atoms with Gasteiger partial charge in [0.1, 0.15) is 0 Å². The van der Waals surface area contributed by atoms with E-state index in [4.69, 9.17) is 0 Å². The number of imidazole rings is 1. The van der Waals surface area contributed by atoms with Gasteiger partial charge < -0.3 is 9.47 Å².